The molecule has 0 aliphatic carbocycles. The fourth-order valence-electron chi connectivity index (χ4n) is 13.8. The van der Waals surface area contributed by atoms with Gasteiger partial charge in [-0.1, -0.05) is 283 Å². The predicted octanol–water partition coefficient (Wildman–Crippen LogP) is 9.41. The van der Waals surface area contributed by atoms with Crippen LogP contribution in [0.15, 0.2) is 12.2 Å². The first-order valence-electron chi connectivity index (χ1n) is 39.1. The van der Waals surface area contributed by atoms with Gasteiger partial charge in [0, 0.05) is 19.8 Å². The molecule has 0 spiro atoms. The molecule has 0 aromatic rings. The van der Waals surface area contributed by atoms with E-state index in [4.69, 9.17) is 28.4 Å². The van der Waals surface area contributed by atoms with Crippen molar-refractivity contribution >= 4 is 17.8 Å². The zero-order valence-corrected chi connectivity index (χ0v) is 60.7. The summed E-state index contributed by atoms with van der Waals surface area (Å²) in [5.74, 6) is -6.14. The van der Waals surface area contributed by atoms with Crippen molar-refractivity contribution in [2.75, 3.05) is 26.4 Å². The molecule has 576 valence electrons. The molecule has 3 heterocycles. The van der Waals surface area contributed by atoms with E-state index in [-0.39, 0.29) is 12.3 Å². The van der Waals surface area contributed by atoms with E-state index >= 15 is 0 Å². The summed E-state index contributed by atoms with van der Waals surface area (Å²) in [7, 11) is 0. The number of nitrogens with one attached hydrogen (secondary N) is 2. The quantitative estimate of drug-likeness (QED) is 0.0199. The van der Waals surface area contributed by atoms with Gasteiger partial charge in [0.2, 0.25) is 11.8 Å². The molecule has 0 saturated carbocycles. The van der Waals surface area contributed by atoms with Crippen LogP contribution < -0.4 is 10.6 Å². The molecule has 3 aliphatic heterocycles. The number of unbranched alkanes of at least 4 members (excludes halogenated alkanes) is 41. The second-order valence-electron chi connectivity index (χ2n) is 28.6. The van der Waals surface area contributed by atoms with E-state index in [0.29, 0.717) is 12.8 Å². The average molecular weight is 1410 g/mol. The van der Waals surface area contributed by atoms with Gasteiger partial charge in [0.05, 0.1) is 50.7 Å². The second-order valence-corrected chi connectivity index (χ2v) is 28.6. The first kappa shape index (κ1) is 89.7. The minimum Gasteiger partial charge on any atom is -0.477 e. The number of ether oxygens (including phenoxy) is 6. The van der Waals surface area contributed by atoms with Crippen LogP contribution in [0.25, 0.3) is 0 Å². The minimum atomic E-state index is -3.08. The van der Waals surface area contributed by atoms with Crippen molar-refractivity contribution in [1.29, 1.82) is 0 Å². The van der Waals surface area contributed by atoms with Gasteiger partial charge >= 0.3 is 5.97 Å². The van der Waals surface area contributed by atoms with E-state index in [0.717, 1.165) is 64.7 Å². The van der Waals surface area contributed by atoms with Crippen LogP contribution in [0.4, 0.5) is 0 Å². The van der Waals surface area contributed by atoms with Crippen LogP contribution in [0.5, 0.6) is 0 Å². The topological polar surface area (TPSA) is 373 Å². The highest BCUT2D eigenvalue weighted by molar-refractivity contribution is 5.77. The highest BCUT2D eigenvalue weighted by Crippen LogP contribution is 2.39. The number of carbonyl (C=O) groups excluding carboxylic acids is 2. The Hall–Kier alpha value is -2.53. The summed E-state index contributed by atoms with van der Waals surface area (Å²) in [6.07, 6.45) is 29.0. The molecule has 23 nitrogen and oxygen atoms in total. The summed E-state index contributed by atoms with van der Waals surface area (Å²) in [5, 5.41) is 136. The van der Waals surface area contributed by atoms with Crippen molar-refractivity contribution in [2.45, 2.75) is 420 Å². The molecule has 3 saturated heterocycles. The van der Waals surface area contributed by atoms with Gasteiger partial charge < -0.3 is 100 Å². The summed E-state index contributed by atoms with van der Waals surface area (Å²) in [5.41, 5.74) is 0. The third kappa shape index (κ3) is 35.8. The van der Waals surface area contributed by atoms with Gasteiger partial charge in [-0.15, -0.1) is 0 Å². The molecule has 23 heteroatoms. The number of carboxylic acid groups (broad SMARTS) is 1. The maximum absolute atomic E-state index is 13.4. The Morgan fingerprint density at radius 2 is 0.949 bits per heavy atom. The summed E-state index contributed by atoms with van der Waals surface area (Å²) >= 11 is 0. The lowest BCUT2D eigenvalue weighted by molar-refractivity contribution is -0.386. The molecule has 0 radical (unpaired) electrons. The van der Waals surface area contributed by atoms with Crippen molar-refractivity contribution < 1.29 is 104 Å². The molecular formula is C75H140N2O21. The number of aliphatic carboxylic acids is 1. The third-order valence-corrected chi connectivity index (χ3v) is 20.0. The Labute approximate surface area is 588 Å². The SMILES string of the molecule is CCCCCCCCC/C=C/C(O)C(COC1OC(CO)C(OC2OC(CO)C(O)C(OC3(C(=O)O)CC(O)C(NC(C)=O)C(C(O)C(O)CO)O3)C2O)C(O)C1O)NC(=O)CCCCCCCCCCCCCCCCCCCCCCCCCCCCCCCCCCCCC. The predicted molar refractivity (Wildman–Crippen MR) is 375 cm³/mol. The van der Waals surface area contributed by atoms with E-state index in [1.807, 2.05) is 6.08 Å². The summed E-state index contributed by atoms with van der Waals surface area (Å²) in [4.78, 5) is 38.5. The van der Waals surface area contributed by atoms with Crippen LogP contribution in [0.2, 0.25) is 0 Å². The fourth-order valence-corrected chi connectivity index (χ4v) is 13.8. The van der Waals surface area contributed by atoms with Crippen LogP contribution in [0, 0.1) is 0 Å². The Balaban J connectivity index is 1.39. The number of allylic oxidation sites excluding steroid dienone is 1. The lowest BCUT2D eigenvalue weighted by atomic mass is 9.88. The Morgan fingerprint density at radius 1 is 0.531 bits per heavy atom. The van der Waals surface area contributed by atoms with E-state index < -0.39 is 155 Å². The lowest BCUT2D eigenvalue weighted by Gasteiger charge is -2.50. The summed E-state index contributed by atoms with van der Waals surface area (Å²) in [6, 6.07) is -2.61. The van der Waals surface area contributed by atoms with Crippen molar-refractivity contribution in [1.82, 2.24) is 10.6 Å². The van der Waals surface area contributed by atoms with Crippen molar-refractivity contribution in [3.05, 3.63) is 12.2 Å². The maximum Gasteiger partial charge on any atom is 0.364 e. The average Bonchev–Trinajstić information content (AvgIpc) is 0.758. The minimum absolute atomic E-state index is 0.205. The third-order valence-electron chi connectivity index (χ3n) is 20.0. The number of amides is 2. The maximum atomic E-state index is 13.4. The zero-order chi connectivity index (χ0) is 71.8. The molecule has 2 amide bonds. The smallest absolute Gasteiger partial charge is 0.364 e. The monoisotopic (exact) mass is 1400 g/mol. The van der Waals surface area contributed by atoms with Crippen LogP contribution in [-0.4, -0.2) is 215 Å². The summed E-state index contributed by atoms with van der Waals surface area (Å²) < 4.78 is 34.8. The van der Waals surface area contributed by atoms with E-state index in [1.165, 1.54) is 205 Å². The normalized spacial score (nSPS) is 27.3. The molecule has 0 aromatic carbocycles. The van der Waals surface area contributed by atoms with Crippen LogP contribution in [0.3, 0.4) is 0 Å². The first-order chi connectivity index (χ1) is 47.4. The first-order valence-corrected chi connectivity index (χ1v) is 39.1. The van der Waals surface area contributed by atoms with Gasteiger partial charge in [-0.25, -0.2) is 4.79 Å². The zero-order valence-electron chi connectivity index (χ0n) is 60.7. The van der Waals surface area contributed by atoms with Crippen molar-refractivity contribution in [2.24, 2.45) is 0 Å². The van der Waals surface area contributed by atoms with Crippen LogP contribution in [-0.2, 0) is 42.8 Å². The molecule has 0 bridgehead atoms. The van der Waals surface area contributed by atoms with Gasteiger partial charge in [0.15, 0.2) is 12.6 Å². The molecule has 18 unspecified atom stereocenters. The molecule has 3 aliphatic rings. The van der Waals surface area contributed by atoms with Gasteiger partial charge in [-0.2, -0.15) is 0 Å². The van der Waals surface area contributed by atoms with Crippen molar-refractivity contribution in [3.8, 4) is 0 Å². The summed E-state index contributed by atoms with van der Waals surface area (Å²) in [6.45, 7) is 2.12. The standard InChI is InChI=1S/C75H140N2O21/c1-4-6-8-10-12-14-15-16-17-18-19-20-21-22-23-24-25-26-27-28-29-30-31-32-33-34-35-36-37-38-39-41-43-45-47-49-62(85)77-56(57(82)48-46-44-42-40-13-11-9-7-5-2)54-93-72-67(89)66(88)69(61(53-80)95-72)96-73-68(90)71(65(87)60(52-79)94-73)98-75(74(91)92)50-58(83)63(76-55(3)81)70(97-75)64(86)59(84)51-78/h46,48,56-61,63-73,78-80,82-84,86-90H,4-45,47,49-54H2,1-3H3,(H,76,81)(H,77,85)(H,91,92)/b48-46+. The Bertz CT molecular complexity index is 2010. The number of aliphatic hydroxyl groups is 11. The van der Waals surface area contributed by atoms with Gasteiger partial charge in [-0.3, -0.25) is 9.59 Å². The van der Waals surface area contributed by atoms with Gasteiger partial charge in [-0.05, 0) is 19.3 Å². The largest absolute Gasteiger partial charge is 0.477 e. The number of hydrogen-bond donors (Lipinski definition) is 14. The van der Waals surface area contributed by atoms with Crippen LogP contribution >= 0.6 is 0 Å². The number of aliphatic hydroxyl groups excluding tert-OH is 11. The highest BCUT2D eigenvalue weighted by atomic mass is 16.8. The molecule has 18 atom stereocenters. The molecule has 14 N–H and O–H groups in total. The Kier molecular flexibility index (Phi) is 50.4. The lowest BCUT2D eigenvalue weighted by Crippen LogP contribution is -2.70. The van der Waals surface area contributed by atoms with Gasteiger partial charge in [0.1, 0.15) is 67.1 Å². The molecule has 3 fully saturated rings. The van der Waals surface area contributed by atoms with Gasteiger partial charge in [0.25, 0.3) is 5.79 Å². The second kappa shape index (κ2) is 55.0. The molecular weight excluding hydrogens is 1260 g/mol. The number of hydrogen-bond acceptors (Lipinski definition) is 20. The Morgan fingerprint density at radius 3 is 1.36 bits per heavy atom. The van der Waals surface area contributed by atoms with E-state index in [9.17, 15) is 75.7 Å². The number of rotatable bonds is 61. The van der Waals surface area contributed by atoms with Crippen molar-refractivity contribution in [3.63, 3.8) is 0 Å². The van der Waals surface area contributed by atoms with E-state index in [1.54, 1.807) is 6.08 Å². The highest BCUT2D eigenvalue weighted by Gasteiger charge is 2.60. The number of carboxylic acids is 1. The van der Waals surface area contributed by atoms with Crippen LogP contribution in [0.1, 0.15) is 310 Å². The molecule has 3 rings (SSSR count). The fraction of sp³-hybridized carbons (Fsp3) is 0.933. The molecule has 98 heavy (non-hydrogen) atoms. The molecule has 0 aromatic heterocycles. The number of carbonyl (C=O) groups is 3. The van der Waals surface area contributed by atoms with E-state index in [2.05, 4.69) is 24.5 Å².